The number of ether oxygens (including phenoxy) is 1. The number of aliphatic hydroxyl groups excluding tert-OH is 6. The summed E-state index contributed by atoms with van der Waals surface area (Å²) < 4.78 is 4.83. The van der Waals surface area contributed by atoms with Crippen LogP contribution in [0, 0.1) is 0 Å². The van der Waals surface area contributed by atoms with Crippen molar-refractivity contribution in [3.8, 4) is 0 Å². The first kappa shape index (κ1) is 19.1. The van der Waals surface area contributed by atoms with E-state index < -0.39 is 37.6 Å². The predicted octanol–water partition coefficient (Wildman–Crippen LogP) is -2.54. The number of hydrogen-bond acceptors (Lipinski definition) is 7. The van der Waals surface area contributed by atoms with Gasteiger partial charge in [-0.25, -0.2) is 0 Å². The summed E-state index contributed by atoms with van der Waals surface area (Å²) in [5.74, 6) is 0. The average molecular weight is 256 g/mol. The molecule has 7 nitrogen and oxygen atoms in total. The Morgan fingerprint density at radius 1 is 0.765 bits per heavy atom. The van der Waals surface area contributed by atoms with Crippen molar-refractivity contribution < 1.29 is 35.4 Å². The summed E-state index contributed by atoms with van der Waals surface area (Å²) in [6.07, 6.45) is -6.39. The van der Waals surface area contributed by atoms with E-state index in [4.69, 9.17) is 35.4 Å². The molecular weight excluding hydrogens is 232 g/mol. The minimum atomic E-state index is -1.67. The van der Waals surface area contributed by atoms with Gasteiger partial charge in [0, 0.05) is 13.2 Å². The molecule has 0 saturated heterocycles. The third-order valence-electron chi connectivity index (χ3n) is 1.92. The Morgan fingerprint density at radius 3 is 1.18 bits per heavy atom. The number of rotatable bonds is 7. The molecule has 0 aromatic carbocycles. The molecule has 0 aliphatic rings. The van der Waals surface area contributed by atoms with Gasteiger partial charge in [-0.05, 0) is 13.8 Å². The summed E-state index contributed by atoms with van der Waals surface area (Å²) in [5, 5.41) is 52.2. The zero-order chi connectivity index (χ0) is 13.8. The molecule has 0 amide bonds. The molecule has 7 heteroatoms. The maximum Gasteiger partial charge on any atom is 0.111 e. The molecule has 0 spiro atoms. The van der Waals surface area contributed by atoms with Crippen LogP contribution in [0.25, 0.3) is 0 Å². The van der Waals surface area contributed by atoms with Crippen molar-refractivity contribution in [2.75, 3.05) is 26.4 Å². The lowest BCUT2D eigenvalue weighted by Crippen LogP contribution is -2.46. The molecule has 0 saturated carbocycles. The van der Waals surface area contributed by atoms with Crippen LogP contribution in [0.1, 0.15) is 13.8 Å². The Bertz CT molecular complexity index is 140. The zero-order valence-corrected chi connectivity index (χ0v) is 10.2. The van der Waals surface area contributed by atoms with Crippen LogP contribution in [0.5, 0.6) is 0 Å². The highest BCUT2D eigenvalue weighted by Gasteiger charge is 2.29. The van der Waals surface area contributed by atoms with Crippen molar-refractivity contribution in [3.63, 3.8) is 0 Å². The Labute approximate surface area is 101 Å². The summed E-state index contributed by atoms with van der Waals surface area (Å²) in [6.45, 7) is 4.22. The maximum atomic E-state index is 8.96. The largest absolute Gasteiger partial charge is 0.394 e. The molecule has 0 bridgehead atoms. The minimum Gasteiger partial charge on any atom is -0.394 e. The third kappa shape index (κ3) is 9.42. The van der Waals surface area contributed by atoms with Gasteiger partial charge in [0.15, 0.2) is 0 Å². The van der Waals surface area contributed by atoms with Crippen molar-refractivity contribution >= 4 is 0 Å². The molecular formula is C10H24O7. The Balaban J connectivity index is 0. The van der Waals surface area contributed by atoms with Crippen LogP contribution in [-0.4, -0.2) is 81.5 Å². The van der Waals surface area contributed by atoms with Crippen LogP contribution in [-0.2, 0) is 4.74 Å². The van der Waals surface area contributed by atoms with Crippen molar-refractivity contribution in [1.29, 1.82) is 0 Å². The molecule has 4 unspecified atom stereocenters. The molecule has 4 atom stereocenters. The zero-order valence-electron chi connectivity index (χ0n) is 10.2. The predicted molar refractivity (Wildman–Crippen MR) is 60.4 cm³/mol. The quantitative estimate of drug-likeness (QED) is 0.296. The third-order valence-corrected chi connectivity index (χ3v) is 1.92. The van der Waals surface area contributed by atoms with Crippen LogP contribution in [0.2, 0.25) is 0 Å². The van der Waals surface area contributed by atoms with E-state index in [1.807, 2.05) is 13.8 Å². The van der Waals surface area contributed by atoms with Crippen molar-refractivity contribution in [2.24, 2.45) is 0 Å². The van der Waals surface area contributed by atoms with Crippen molar-refractivity contribution in [3.05, 3.63) is 0 Å². The van der Waals surface area contributed by atoms with Gasteiger partial charge in [-0.2, -0.15) is 0 Å². The van der Waals surface area contributed by atoms with Gasteiger partial charge < -0.3 is 35.4 Å². The summed E-state index contributed by atoms with van der Waals surface area (Å²) >= 11 is 0. The van der Waals surface area contributed by atoms with Gasteiger partial charge in [0.2, 0.25) is 0 Å². The molecule has 0 fully saturated rings. The van der Waals surface area contributed by atoms with Gasteiger partial charge in [0.1, 0.15) is 24.4 Å². The molecule has 0 aromatic heterocycles. The van der Waals surface area contributed by atoms with E-state index in [1.54, 1.807) is 0 Å². The van der Waals surface area contributed by atoms with Gasteiger partial charge in [0.05, 0.1) is 13.2 Å². The van der Waals surface area contributed by atoms with Crippen LogP contribution >= 0.6 is 0 Å². The first-order valence-corrected chi connectivity index (χ1v) is 5.47. The number of aliphatic hydroxyl groups is 6. The second kappa shape index (κ2) is 12.2. The normalized spacial score (nSPS) is 17.6. The molecule has 0 aliphatic heterocycles. The maximum absolute atomic E-state index is 8.96. The highest BCUT2D eigenvalue weighted by Crippen LogP contribution is 2.03. The Morgan fingerprint density at radius 2 is 1.06 bits per heavy atom. The minimum absolute atomic E-state index is 0.726. The van der Waals surface area contributed by atoms with E-state index in [0.717, 1.165) is 13.2 Å². The number of hydrogen-bond donors (Lipinski definition) is 6. The monoisotopic (exact) mass is 256 g/mol. The van der Waals surface area contributed by atoms with E-state index in [0.29, 0.717) is 0 Å². The van der Waals surface area contributed by atoms with Crippen LogP contribution < -0.4 is 0 Å². The van der Waals surface area contributed by atoms with Gasteiger partial charge in [-0.1, -0.05) is 0 Å². The van der Waals surface area contributed by atoms with Crippen LogP contribution in [0.15, 0.2) is 0 Å². The lowest BCUT2D eigenvalue weighted by atomic mass is 10.0. The molecule has 0 aromatic rings. The average Bonchev–Trinajstić information content (AvgIpc) is 2.36. The first-order valence-electron chi connectivity index (χ1n) is 5.47. The molecule has 0 heterocycles. The lowest BCUT2D eigenvalue weighted by Gasteiger charge is -2.24. The van der Waals surface area contributed by atoms with E-state index >= 15 is 0 Å². The molecule has 0 radical (unpaired) electrons. The van der Waals surface area contributed by atoms with E-state index in [9.17, 15) is 0 Å². The highest BCUT2D eigenvalue weighted by atomic mass is 16.5. The molecule has 106 valence electrons. The smallest absolute Gasteiger partial charge is 0.111 e. The summed E-state index contributed by atoms with van der Waals surface area (Å²) in [5.41, 5.74) is 0. The second-order valence-corrected chi connectivity index (χ2v) is 3.26. The van der Waals surface area contributed by atoms with Gasteiger partial charge >= 0.3 is 0 Å². The lowest BCUT2D eigenvalue weighted by molar-refractivity contribution is -0.123. The Hall–Kier alpha value is -0.280. The van der Waals surface area contributed by atoms with Crippen molar-refractivity contribution in [2.45, 2.75) is 38.3 Å². The fourth-order valence-electron chi connectivity index (χ4n) is 0.875. The molecule has 0 aliphatic carbocycles. The molecule has 17 heavy (non-hydrogen) atoms. The summed E-state index contributed by atoms with van der Waals surface area (Å²) in [4.78, 5) is 0. The standard InChI is InChI=1S/C6H14O6.C4H10O/c7-1-3(9)5(11)6(12)4(10)2-8;1-3-5-4-2/h3-12H,1-2H2;3-4H2,1-2H3. The molecule has 0 rings (SSSR count). The van der Waals surface area contributed by atoms with E-state index in [1.165, 1.54) is 0 Å². The van der Waals surface area contributed by atoms with Crippen LogP contribution in [0.4, 0.5) is 0 Å². The van der Waals surface area contributed by atoms with Gasteiger partial charge in [-0.15, -0.1) is 0 Å². The van der Waals surface area contributed by atoms with E-state index in [-0.39, 0.29) is 0 Å². The van der Waals surface area contributed by atoms with Crippen LogP contribution in [0.3, 0.4) is 0 Å². The Kier molecular flexibility index (Phi) is 13.7. The van der Waals surface area contributed by atoms with Crippen molar-refractivity contribution in [1.82, 2.24) is 0 Å². The first-order chi connectivity index (χ1) is 7.95. The van der Waals surface area contributed by atoms with Gasteiger partial charge in [-0.3, -0.25) is 0 Å². The summed E-state index contributed by atoms with van der Waals surface area (Å²) in [6, 6.07) is 0. The fourth-order valence-corrected chi connectivity index (χ4v) is 0.875. The molecule has 6 N–H and O–H groups in total. The summed E-state index contributed by atoms with van der Waals surface area (Å²) in [7, 11) is 0. The highest BCUT2D eigenvalue weighted by molar-refractivity contribution is 4.79. The second-order valence-electron chi connectivity index (χ2n) is 3.26. The van der Waals surface area contributed by atoms with E-state index in [2.05, 4.69) is 0 Å². The fraction of sp³-hybridized carbons (Fsp3) is 1.00. The topological polar surface area (TPSA) is 131 Å². The SMILES string of the molecule is CCOCC.OCC(O)C(O)C(O)C(O)CO. The van der Waals surface area contributed by atoms with Gasteiger partial charge in [0.25, 0.3) is 0 Å².